The highest BCUT2D eigenvalue weighted by Gasteiger charge is 2.60. The normalized spacial score (nSPS) is 34.4. The summed E-state index contributed by atoms with van der Waals surface area (Å²) in [6.45, 7) is 23.4. The maximum atomic E-state index is 12.1. The van der Waals surface area contributed by atoms with Crippen molar-refractivity contribution in [3.8, 4) is 0 Å². The highest BCUT2D eigenvalue weighted by Crippen LogP contribution is 2.68. The Morgan fingerprint density at radius 1 is 0.894 bits per heavy atom. The molecule has 4 saturated carbocycles. The van der Waals surface area contributed by atoms with Crippen molar-refractivity contribution in [2.75, 3.05) is 26.4 Å². The lowest BCUT2D eigenvalue weighted by molar-refractivity contribution is -0.146. The van der Waals surface area contributed by atoms with Gasteiger partial charge >= 0.3 is 11.9 Å². The molecule has 0 saturated heterocycles. The molecule has 6 nitrogen and oxygen atoms in total. The van der Waals surface area contributed by atoms with Gasteiger partial charge in [0.2, 0.25) is 0 Å². The van der Waals surface area contributed by atoms with E-state index in [9.17, 15) is 14.7 Å². The van der Waals surface area contributed by atoms with Gasteiger partial charge in [-0.2, -0.15) is 0 Å². The van der Waals surface area contributed by atoms with Crippen molar-refractivity contribution in [1.29, 1.82) is 0 Å². The first kappa shape index (κ1) is 37.9. The highest BCUT2D eigenvalue weighted by atomic mass is 16.5. The van der Waals surface area contributed by atoms with Crippen LogP contribution in [0, 0.1) is 58.2 Å². The number of rotatable bonds is 17. The van der Waals surface area contributed by atoms with Gasteiger partial charge < -0.3 is 19.3 Å². The number of carbonyl (C=O) groups is 2. The van der Waals surface area contributed by atoms with Gasteiger partial charge in [-0.15, -0.1) is 6.58 Å². The monoisotopic (exact) mass is 654 g/mol. The molecule has 0 amide bonds. The van der Waals surface area contributed by atoms with Gasteiger partial charge in [-0.3, -0.25) is 0 Å². The molecule has 0 aromatic rings. The standard InChI is InChI=1S/C41H66O6/c1-9-31(12-10-11-27(2)3)35-15-16-36-34-14-13-32-23-33(17-20-40(32,7)37(34)18-21-41(35,36)8)45-22-19-30(25-46-38(43)28(4)5)26-47-39(44)29(6)24-42/h9,27,30-37,42H,1,4,6,10-26H2,2-3,5,7-8H3/t30?,31-,32?,33+,34?,35-,36?,37?,40+,41-/m1/s1. The zero-order valence-electron chi connectivity index (χ0n) is 30.4. The molecule has 0 spiro atoms. The molecule has 6 heteroatoms. The van der Waals surface area contributed by atoms with Crippen LogP contribution in [0.3, 0.4) is 0 Å². The SMILES string of the molecule is C=C[C@H](CCCC(C)C)[C@H]1CCC2C3CCC4C[C@@H](OCCC(COC(=O)C(=C)C)COC(=O)C(=C)CO)CC[C@]4(C)C3CC[C@@]21C. The number of ether oxygens (including phenoxy) is 3. The van der Waals surface area contributed by atoms with Crippen LogP contribution in [0.25, 0.3) is 0 Å². The van der Waals surface area contributed by atoms with E-state index in [4.69, 9.17) is 14.2 Å². The Bertz CT molecular complexity index is 1110. The number of aliphatic hydroxyl groups is 1. The summed E-state index contributed by atoms with van der Waals surface area (Å²) in [7, 11) is 0. The van der Waals surface area contributed by atoms with Gasteiger partial charge in [0.1, 0.15) is 0 Å². The molecular weight excluding hydrogens is 588 g/mol. The van der Waals surface area contributed by atoms with E-state index in [1.807, 2.05) is 0 Å². The summed E-state index contributed by atoms with van der Waals surface area (Å²) in [5, 5.41) is 9.19. The van der Waals surface area contributed by atoms with Gasteiger partial charge in [-0.05, 0) is 130 Å². The van der Waals surface area contributed by atoms with Crippen LogP contribution in [0.2, 0.25) is 0 Å². The van der Waals surface area contributed by atoms with Crippen molar-refractivity contribution in [3.05, 3.63) is 37.0 Å². The molecule has 0 aliphatic heterocycles. The fraction of sp³-hybridized carbons (Fsp3) is 0.805. The van der Waals surface area contributed by atoms with Gasteiger partial charge in [0.15, 0.2) is 0 Å². The van der Waals surface area contributed by atoms with E-state index in [1.165, 1.54) is 64.2 Å². The number of hydrogen-bond donors (Lipinski definition) is 1. The summed E-state index contributed by atoms with van der Waals surface area (Å²) in [5.41, 5.74) is 1.21. The molecule has 4 aliphatic rings. The Morgan fingerprint density at radius 3 is 2.23 bits per heavy atom. The Labute approximate surface area is 286 Å². The molecule has 47 heavy (non-hydrogen) atoms. The second-order valence-corrected chi connectivity index (χ2v) is 16.8. The maximum absolute atomic E-state index is 12.1. The molecule has 4 aliphatic carbocycles. The van der Waals surface area contributed by atoms with E-state index in [1.54, 1.807) is 6.92 Å². The fourth-order valence-corrected chi connectivity index (χ4v) is 10.7. The zero-order chi connectivity index (χ0) is 34.4. The van der Waals surface area contributed by atoms with E-state index < -0.39 is 18.5 Å². The van der Waals surface area contributed by atoms with Gasteiger partial charge in [0, 0.05) is 18.1 Å². The predicted octanol–water partition coefficient (Wildman–Crippen LogP) is 8.88. The fourth-order valence-electron chi connectivity index (χ4n) is 10.7. The summed E-state index contributed by atoms with van der Waals surface area (Å²) in [4.78, 5) is 24.1. The highest BCUT2D eigenvalue weighted by molar-refractivity contribution is 5.88. The van der Waals surface area contributed by atoms with Gasteiger partial charge in [0.05, 0.1) is 31.5 Å². The largest absolute Gasteiger partial charge is 0.462 e. The lowest BCUT2D eigenvalue weighted by Crippen LogP contribution is -2.54. The van der Waals surface area contributed by atoms with Gasteiger partial charge in [-0.1, -0.05) is 59.8 Å². The number of esters is 2. The molecule has 0 aromatic heterocycles. The minimum atomic E-state index is -0.634. The molecule has 5 unspecified atom stereocenters. The predicted molar refractivity (Wildman–Crippen MR) is 188 cm³/mol. The van der Waals surface area contributed by atoms with E-state index >= 15 is 0 Å². The van der Waals surface area contributed by atoms with Crippen LogP contribution in [-0.2, 0) is 23.8 Å². The Hall–Kier alpha value is -1.92. The maximum Gasteiger partial charge on any atom is 0.335 e. The minimum absolute atomic E-state index is 0.00677. The zero-order valence-corrected chi connectivity index (χ0v) is 30.4. The van der Waals surface area contributed by atoms with Crippen LogP contribution in [-0.4, -0.2) is 49.6 Å². The van der Waals surface area contributed by atoms with Crippen LogP contribution < -0.4 is 0 Å². The Balaban J connectivity index is 1.31. The quantitative estimate of drug-likeness (QED) is 0.0959. The smallest absolute Gasteiger partial charge is 0.335 e. The first-order valence-corrected chi connectivity index (χ1v) is 18.9. The lowest BCUT2D eigenvalue weighted by Gasteiger charge is -2.61. The molecular formula is C41H66O6. The first-order valence-electron chi connectivity index (χ1n) is 18.9. The van der Waals surface area contributed by atoms with Crippen LogP contribution in [0.1, 0.15) is 118 Å². The molecule has 4 rings (SSSR count). The average molecular weight is 655 g/mol. The van der Waals surface area contributed by atoms with Crippen LogP contribution in [0.5, 0.6) is 0 Å². The molecule has 0 heterocycles. The minimum Gasteiger partial charge on any atom is -0.462 e. The van der Waals surface area contributed by atoms with Gasteiger partial charge in [0.25, 0.3) is 0 Å². The molecule has 0 radical (unpaired) electrons. The first-order chi connectivity index (χ1) is 22.3. The van der Waals surface area contributed by atoms with Crippen molar-refractivity contribution in [1.82, 2.24) is 0 Å². The van der Waals surface area contributed by atoms with Gasteiger partial charge in [-0.25, -0.2) is 9.59 Å². The van der Waals surface area contributed by atoms with E-state index in [0.717, 1.165) is 42.4 Å². The van der Waals surface area contributed by atoms with Crippen molar-refractivity contribution in [2.24, 2.45) is 58.2 Å². The summed E-state index contributed by atoms with van der Waals surface area (Å²) < 4.78 is 17.2. The summed E-state index contributed by atoms with van der Waals surface area (Å²) >= 11 is 0. The summed E-state index contributed by atoms with van der Waals surface area (Å²) in [6, 6.07) is 0. The third kappa shape index (κ3) is 8.82. The van der Waals surface area contributed by atoms with E-state index in [0.29, 0.717) is 41.3 Å². The van der Waals surface area contributed by atoms with Crippen molar-refractivity contribution >= 4 is 11.9 Å². The Morgan fingerprint density at radius 2 is 1.57 bits per heavy atom. The molecule has 10 atom stereocenters. The number of fused-ring (bicyclic) bond motifs is 5. The number of carbonyl (C=O) groups excluding carboxylic acids is 2. The number of allylic oxidation sites excluding steroid dienone is 1. The van der Waals surface area contributed by atoms with Crippen LogP contribution in [0.4, 0.5) is 0 Å². The van der Waals surface area contributed by atoms with Crippen LogP contribution in [0.15, 0.2) is 37.0 Å². The van der Waals surface area contributed by atoms with E-state index in [2.05, 4.69) is 53.5 Å². The van der Waals surface area contributed by atoms with Crippen LogP contribution >= 0.6 is 0 Å². The third-order valence-corrected chi connectivity index (χ3v) is 13.4. The number of aliphatic hydroxyl groups excluding tert-OH is 1. The second-order valence-electron chi connectivity index (χ2n) is 16.8. The van der Waals surface area contributed by atoms with Crippen molar-refractivity contribution in [2.45, 2.75) is 124 Å². The van der Waals surface area contributed by atoms with Crippen molar-refractivity contribution in [3.63, 3.8) is 0 Å². The number of hydrogen-bond acceptors (Lipinski definition) is 6. The summed E-state index contributed by atoms with van der Waals surface area (Å²) in [5.74, 6) is 4.23. The summed E-state index contributed by atoms with van der Waals surface area (Å²) in [6.07, 6.45) is 18.9. The topological polar surface area (TPSA) is 82.1 Å². The van der Waals surface area contributed by atoms with E-state index in [-0.39, 0.29) is 30.8 Å². The molecule has 1 N–H and O–H groups in total. The van der Waals surface area contributed by atoms with Crippen molar-refractivity contribution < 1.29 is 28.9 Å². The average Bonchev–Trinajstić information content (AvgIpc) is 3.40. The third-order valence-electron chi connectivity index (χ3n) is 13.4. The molecule has 0 bridgehead atoms. The molecule has 4 fully saturated rings. The molecule has 0 aromatic carbocycles. The lowest BCUT2D eigenvalue weighted by atomic mass is 9.44. The Kier molecular flexibility index (Phi) is 13.4. The molecule has 266 valence electrons. The second kappa shape index (κ2) is 16.7.